The molecule has 16 nitrogen and oxygen atoms in total. The van der Waals surface area contributed by atoms with Crippen LogP contribution in [0.15, 0.2) is 65.1 Å². The number of piperidine rings is 1. The van der Waals surface area contributed by atoms with Gasteiger partial charge in [0.05, 0.1) is 49.7 Å². The molecule has 2 bridgehead atoms. The van der Waals surface area contributed by atoms with E-state index in [9.17, 15) is 45.0 Å². The van der Waals surface area contributed by atoms with Gasteiger partial charge in [0.2, 0.25) is 5.76 Å². The van der Waals surface area contributed by atoms with E-state index >= 15 is 0 Å². The van der Waals surface area contributed by atoms with Gasteiger partial charge >= 0.3 is 5.97 Å². The Morgan fingerprint density at radius 1 is 1.06 bits per heavy atom. The molecule has 5 heterocycles. The van der Waals surface area contributed by atoms with Gasteiger partial charge in [-0.05, 0) is 117 Å². The number of aromatic amines is 1. The minimum atomic E-state index is -1.69. The van der Waals surface area contributed by atoms with Gasteiger partial charge in [-0.25, -0.2) is 4.79 Å². The normalized spacial score (nSPS) is 30.1. The van der Waals surface area contributed by atoms with E-state index in [0.29, 0.717) is 68.4 Å². The van der Waals surface area contributed by atoms with Crippen molar-refractivity contribution in [3.63, 3.8) is 0 Å². The van der Waals surface area contributed by atoms with E-state index in [1.807, 2.05) is 36.5 Å². The van der Waals surface area contributed by atoms with Gasteiger partial charge in [-0.15, -0.1) is 0 Å². The molecule has 16 heteroatoms. The zero-order chi connectivity index (χ0) is 49.8. The van der Waals surface area contributed by atoms with Gasteiger partial charge < -0.3 is 64.2 Å². The number of methoxy groups -OCH3 is 1. The molecule has 10 rings (SSSR count). The molecular formula is C55H66N2O14. The number of ether oxygens (including phenoxy) is 5. The largest absolute Gasteiger partial charge is 0.492 e. The van der Waals surface area contributed by atoms with Crippen LogP contribution in [-0.4, -0.2) is 143 Å². The molecular weight excluding hydrogens is 913 g/mol. The maximum absolute atomic E-state index is 14.6. The molecule has 1 aromatic heterocycles. The number of aliphatic hydroxyl groups is 6. The van der Waals surface area contributed by atoms with Gasteiger partial charge in [-0.3, -0.25) is 9.59 Å². The Hall–Kier alpha value is -5.17. The van der Waals surface area contributed by atoms with Gasteiger partial charge in [0, 0.05) is 98.9 Å². The molecule has 71 heavy (non-hydrogen) atoms. The molecule has 7 aliphatic rings. The molecule has 1 spiro atoms. The summed E-state index contributed by atoms with van der Waals surface area (Å²) in [5.74, 6) is -4.93. The summed E-state index contributed by atoms with van der Waals surface area (Å²) >= 11 is 0. The van der Waals surface area contributed by atoms with Crippen molar-refractivity contribution < 1.29 is 68.7 Å². The van der Waals surface area contributed by atoms with Crippen LogP contribution in [0.3, 0.4) is 0 Å². The minimum Gasteiger partial charge on any atom is -0.492 e. The quantitative estimate of drug-likeness (QED) is 0.0555. The summed E-state index contributed by atoms with van der Waals surface area (Å²) in [5.41, 5.74) is 1.43. The first-order chi connectivity index (χ1) is 34.5. The Morgan fingerprint density at radius 3 is 2.63 bits per heavy atom. The van der Waals surface area contributed by atoms with Crippen molar-refractivity contribution >= 4 is 34.5 Å². The molecule has 2 fully saturated rings. The lowest BCUT2D eigenvalue weighted by atomic mass is 9.50. The monoisotopic (exact) mass is 978 g/mol. The third-order valence-electron chi connectivity index (χ3n) is 16.8. The fourth-order valence-electron chi connectivity index (χ4n) is 13.5. The van der Waals surface area contributed by atoms with Crippen LogP contribution in [0.5, 0.6) is 17.2 Å². The predicted molar refractivity (Wildman–Crippen MR) is 259 cm³/mol. The fourth-order valence-corrected chi connectivity index (χ4v) is 13.5. The van der Waals surface area contributed by atoms with Gasteiger partial charge in [0.15, 0.2) is 11.9 Å². The Labute approximate surface area is 412 Å². The van der Waals surface area contributed by atoms with Crippen molar-refractivity contribution in [2.24, 2.45) is 35.5 Å². The number of nitrogens with one attached hydrogen (secondary N) is 1. The van der Waals surface area contributed by atoms with Crippen LogP contribution in [0.25, 0.3) is 16.5 Å². The first-order valence-corrected chi connectivity index (χ1v) is 25.3. The molecule has 1 saturated carbocycles. The molecule has 0 radical (unpaired) electrons. The number of aldehydes is 1. The van der Waals surface area contributed by atoms with Crippen LogP contribution in [0.4, 0.5) is 0 Å². The lowest BCUT2D eigenvalue weighted by Crippen LogP contribution is -2.71. The number of likely N-dealkylation sites (tertiary alicyclic amines) is 1. The van der Waals surface area contributed by atoms with E-state index in [-0.39, 0.29) is 115 Å². The summed E-state index contributed by atoms with van der Waals surface area (Å²) in [4.78, 5) is 48.1. The number of rotatable bonds is 13. The molecule has 9 atom stereocenters. The van der Waals surface area contributed by atoms with Crippen LogP contribution in [-0.2, 0) is 43.3 Å². The molecule has 1 saturated heterocycles. The Morgan fingerprint density at radius 2 is 1.90 bits per heavy atom. The predicted octanol–water partition coefficient (Wildman–Crippen LogP) is 4.01. The standard InChI is InChI=1S/C55H66N2O14/c1-3-68-53(65)52-41(27-62)45-34-17-37(26-61)48(64)39(20-34)38-19-33-8-12-56-44(33)21-32(38)6-5-30(24-59)29-69-50-40-22-54(71-49(40)42(28-63)51(70-52)46(45)50)11-7-31(10-15-58)47-36(25-60)18-35-23-57(13-4-16-67-2)14-9-43(35)55(47,54)66/h7-8,11-12,18-19,21,27,30-31,35,37,39,43,47,56,58-61,63,66H,3-6,9-10,13-17,20,22-26,28-29H2,1-2H3. The summed E-state index contributed by atoms with van der Waals surface area (Å²) in [7, 11) is 1.68. The number of aromatic nitrogens is 1. The molecule has 4 aliphatic heterocycles. The summed E-state index contributed by atoms with van der Waals surface area (Å²) in [6.45, 7) is 2.34. The molecule has 380 valence electrons. The molecule has 3 aromatic rings. The van der Waals surface area contributed by atoms with Gasteiger partial charge in [0.1, 0.15) is 28.6 Å². The number of hydrogen-bond acceptors (Lipinski definition) is 15. The van der Waals surface area contributed by atoms with E-state index in [2.05, 4.69) is 16.0 Å². The summed E-state index contributed by atoms with van der Waals surface area (Å²) in [5, 5.41) is 70.2. The SMILES string of the molecule is CCOC(=O)C1=C(C=O)C2=C3CC(CO)C(=O)C(C3)c3cc4cc[nH]c4cc3CCC(CO)COc3c4c(c(CO)c(c32)O1)OC1(C=CC(CCO)C2C(CO)=CC3CN(CCCOC)CCC3C21O)C4. The molecule has 2 aromatic carbocycles. The summed E-state index contributed by atoms with van der Waals surface area (Å²) < 4.78 is 31.8. The molecule has 3 aliphatic carbocycles. The van der Waals surface area contributed by atoms with E-state index in [1.54, 1.807) is 14.0 Å². The van der Waals surface area contributed by atoms with E-state index < -0.39 is 59.8 Å². The zero-order valence-electron chi connectivity index (χ0n) is 40.5. The van der Waals surface area contributed by atoms with Crippen LogP contribution < -0.4 is 14.2 Å². The lowest BCUT2D eigenvalue weighted by molar-refractivity contribution is -0.201. The minimum absolute atomic E-state index is 0.00192. The smallest absolute Gasteiger partial charge is 0.375 e. The van der Waals surface area contributed by atoms with Crippen molar-refractivity contribution in [1.29, 1.82) is 0 Å². The highest BCUT2D eigenvalue weighted by molar-refractivity contribution is 6.11. The van der Waals surface area contributed by atoms with E-state index in [0.717, 1.165) is 35.0 Å². The van der Waals surface area contributed by atoms with Crippen LogP contribution in [0.2, 0.25) is 0 Å². The third kappa shape index (κ3) is 8.09. The number of fused-ring (bicyclic) bond motifs is 11. The average Bonchev–Trinajstić information content (AvgIpc) is 4.01. The van der Waals surface area contributed by atoms with Crippen molar-refractivity contribution in [1.82, 2.24) is 9.88 Å². The number of carbonyl (C=O) groups is 3. The highest BCUT2D eigenvalue weighted by Gasteiger charge is 2.68. The molecule has 9 unspecified atom stereocenters. The Bertz CT molecular complexity index is 2720. The highest BCUT2D eigenvalue weighted by atomic mass is 16.6. The maximum atomic E-state index is 14.6. The second kappa shape index (κ2) is 20.0. The number of hydrogen-bond donors (Lipinski definition) is 7. The van der Waals surface area contributed by atoms with Crippen LogP contribution >= 0.6 is 0 Å². The van der Waals surface area contributed by atoms with Crippen molar-refractivity contribution in [2.75, 3.05) is 73.0 Å². The van der Waals surface area contributed by atoms with Crippen LogP contribution in [0, 0.1) is 35.5 Å². The number of aryl methyl sites for hydroxylation is 1. The van der Waals surface area contributed by atoms with E-state index in [1.165, 1.54) is 0 Å². The number of aliphatic hydroxyl groups excluding tert-OH is 5. The topological polar surface area (TPSA) is 238 Å². The third-order valence-corrected chi connectivity index (χ3v) is 16.8. The van der Waals surface area contributed by atoms with Crippen molar-refractivity contribution in [3.8, 4) is 17.2 Å². The molecule has 0 amide bonds. The lowest BCUT2D eigenvalue weighted by Gasteiger charge is -2.61. The number of esters is 1. The number of H-pyrrole nitrogens is 1. The Kier molecular flexibility index (Phi) is 13.9. The Balaban J connectivity index is 1.21. The van der Waals surface area contributed by atoms with Gasteiger partial charge in [0.25, 0.3) is 0 Å². The van der Waals surface area contributed by atoms with Gasteiger partial charge in [-0.1, -0.05) is 17.7 Å². The van der Waals surface area contributed by atoms with Crippen molar-refractivity contribution in [2.45, 2.75) is 82.0 Å². The van der Waals surface area contributed by atoms with Crippen LogP contribution in [0.1, 0.15) is 79.2 Å². The van der Waals surface area contributed by atoms with Gasteiger partial charge in [-0.2, -0.15) is 0 Å². The maximum Gasteiger partial charge on any atom is 0.375 e. The number of ketones is 1. The first-order valence-electron chi connectivity index (χ1n) is 25.3. The number of carbonyl (C=O) groups excluding carboxylic acids is 3. The second-order valence-corrected chi connectivity index (χ2v) is 20.5. The molecule has 7 N–H and O–H groups in total. The second-order valence-electron chi connectivity index (χ2n) is 20.5. The number of allylic oxidation sites excluding steroid dienone is 4. The summed E-state index contributed by atoms with van der Waals surface area (Å²) in [6.07, 6.45) is 11.1. The average molecular weight is 979 g/mol. The zero-order valence-corrected chi connectivity index (χ0v) is 40.5. The number of benzene rings is 2. The highest BCUT2D eigenvalue weighted by Crippen LogP contribution is 2.64. The number of Topliss-reactive ketones (excluding diaryl/α,β-unsaturated/α-hetero) is 1. The first kappa shape index (κ1) is 49.4. The van der Waals surface area contributed by atoms with Crippen molar-refractivity contribution in [3.05, 3.63) is 92.9 Å². The fraction of sp³-hybridized carbons (Fsp3) is 0.545. The summed E-state index contributed by atoms with van der Waals surface area (Å²) in [6, 6.07) is 5.94. The van der Waals surface area contributed by atoms with E-state index in [4.69, 9.17) is 23.7 Å². The number of nitrogens with zero attached hydrogens (tertiary/aromatic N) is 1.